The number of hydrogen-bond donors (Lipinski definition) is 1. The van der Waals surface area contributed by atoms with Crippen LogP contribution in [0.15, 0.2) is 59.6 Å². The van der Waals surface area contributed by atoms with Gasteiger partial charge in [0.05, 0.1) is 13.7 Å². The summed E-state index contributed by atoms with van der Waals surface area (Å²) in [4.78, 5) is 6.67. The summed E-state index contributed by atoms with van der Waals surface area (Å²) in [5, 5.41) is 3.41. The minimum absolute atomic E-state index is 0.684. The number of aliphatic imine (C=N–C) groups is 1. The quantitative estimate of drug-likeness (QED) is 0.658. The molecule has 2 aromatic rings. The lowest BCUT2D eigenvalue weighted by Crippen LogP contribution is -2.37. The molecule has 1 N–H and O–H groups in total. The van der Waals surface area contributed by atoms with Crippen LogP contribution in [0.25, 0.3) is 0 Å². The average molecular weight is 311 g/mol. The highest BCUT2D eigenvalue weighted by molar-refractivity contribution is 5.79. The Morgan fingerprint density at radius 1 is 1.00 bits per heavy atom. The summed E-state index contributed by atoms with van der Waals surface area (Å²) in [6.45, 7) is 1.53. The summed E-state index contributed by atoms with van der Waals surface area (Å²) in [6.07, 6.45) is 0.947. The summed E-state index contributed by atoms with van der Waals surface area (Å²) in [5.74, 6) is 1.79. The molecule has 23 heavy (non-hydrogen) atoms. The van der Waals surface area contributed by atoms with Crippen molar-refractivity contribution >= 4 is 5.96 Å². The summed E-state index contributed by atoms with van der Waals surface area (Å²) < 4.78 is 5.18. The van der Waals surface area contributed by atoms with Crippen molar-refractivity contribution in [2.75, 3.05) is 27.7 Å². The normalized spacial score (nSPS) is 11.2. The number of benzene rings is 2. The van der Waals surface area contributed by atoms with Crippen molar-refractivity contribution in [1.29, 1.82) is 0 Å². The van der Waals surface area contributed by atoms with Crippen molar-refractivity contribution < 1.29 is 4.74 Å². The standard InChI is InChI=1S/C19H25N3O/c1-22(2)19(21-15-17-7-5-4-6-8-17)20-14-13-16-9-11-18(23-3)12-10-16/h4-12H,13-15H2,1-3H3,(H,20,21). The van der Waals surface area contributed by atoms with Crippen molar-refractivity contribution in [1.82, 2.24) is 10.2 Å². The first-order chi connectivity index (χ1) is 11.2. The molecule has 4 heteroatoms. The van der Waals surface area contributed by atoms with E-state index < -0.39 is 0 Å². The van der Waals surface area contributed by atoms with Gasteiger partial charge in [0.25, 0.3) is 0 Å². The molecule has 0 aliphatic heterocycles. The van der Waals surface area contributed by atoms with Crippen molar-refractivity contribution in [2.24, 2.45) is 4.99 Å². The van der Waals surface area contributed by atoms with Gasteiger partial charge in [-0.1, -0.05) is 42.5 Å². The number of hydrogen-bond acceptors (Lipinski definition) is 2. The van der Waals surface area contributed by atoms with Crippen LogP contribution in [0.2, 0.25) is 0 Å². The Morgan fingerprint density at radius 3 is 2.30 bits per heavy atom. The predicted molar refractivity (Wildman–Crippen MR) is 96.0 cm³/mol. The van der Waals surface area contributed by atoms with Crippen LogP contribution in [0.3, 0.4) is 0 Å². The summed E-state index contributed by atoms with van der Waals surface area (Å²) in [6, 6.07) is 18.5. The van der Waals surface area contributed by atoms with E-state index in [4.69, 9.17) is 4.74 Å². The van der Waals surface area contributed by atoms with Gasteiger partial charge in [-0.05, 0) is 29.7 Å². The van der Waals surface area contributed by atoms with E-state index >= 15 is 0 Å². The molecule has 4 nitrogen and oxygen atoms in total. The molecule has 0 saturated heterocycles. The van der Waals surface area contributed by atoms with E-state index in [2.05, 4.69) is 34.6 Å². The van der Waals surface area contributed by atoms with Crippen LogP contribution in [0.5, 0.6) is 5.75 Å². The maximum atomic E-state index is 5.18. The van der Waals surface area contributed by atoms with Gasteiger partial charge >= 0.3 is 0 Å². The van der Waals surface area contributed by atoms with Gasteiger partial charge in [-0.25, -0.2) is 4.99 Å². The highest BCUT2D eigenvalue weighted by atomic mass is 16.5. The molecule has 2 aromatic carbocycles. The first-order valence-electron chi connectivity index (χ1n) is 7.81. The smallest absolute Gasteiger partial charge is 0.193 e. The van der Waals surface area contributed by atoms with Gasteiger partial charge < -0.3 is 15.0 Å². The first kappa shape index (κ1) is 16.9. The molecule has 0 saturated carbocycles. The van der Waals surface area contributed by atoms with Gasteiger partial charge in [0, 0.05) is 20.6 Å². The molecular formula is C19H25N3O. The number of guanidine groups is 1. The van der Waals surface area contributed by atoms with Crippen LogP contribution in [0.1, 0.15) is 11.1 Å². The Balaban J connectivity index is 1.86. The molecule has 0 aliphatic carbocycles. The number of methoxy groups -OCH3 is 1. The summed E-state index contributed by atoms with van der Waals surface area (Å²) in [5.41, 5.74) is 2.49. The van der Waals surface area contributed by atoms with E-state index in [1.807, 2.05) is 49.3 Å². The zero-order chi connectivity index (χ0) is 16.5. The van der Waals surface area contributed by atoms with Gasteiger partial charge in [0.15, 0.2) is 5.96 Å². The van der Waals surface area contributed by atoms with E-state index in [-0.39, 0.29) is 0 Å². The van der Waals surface area contributed by atoms with E-state index in [0.717, 1.165) is 24.7 Å². The number of nitrogens with one attached hydrogen (secondary N) is 1. The second-order valence-corrected chi connectivity index (χ2v) is 5.54. The van der Waals surface area contributed by atoms with Crippen LogP contribution in [-0.4, -0.2) is 38.6 Å². The minimum atomic E-state index is 0.684. The molecule has 0 fully saturated rings. The van der Waals surface area contributed by atoms with E-state index in [0.29, 0.717) is 6.54 Å². The van der Waals surface area contributed by atoms with E-state index in [1.54, 1.807) is 7.11 Å². The van der Waals surface area contributed by atoms with Crippen LogP contribution < -0.4 is 10.1 Å². The highest BCUT2D eigenvalue weighted by Gasteiger charge is 2.02. The number of rotatable bonds is 6. The molecule has 0 unspecified atom stereocenters. The summed E-state index contributed by atoms with van der Waals surface area (Å²) >= 11 is 0. The fraction of sp³-hybridized carbons (Fsp3) is 0.316. The Morgan fingerprint density at radius 2 is 1.70 bits per heavy atom. The Bertz CT molecular complexity index is 606. The van der Waals surface area contributed by atoms with Crippen LogP contribution >= 0.6 is 0 Å². The van der Waals surface area contributed by atoms with Crippen LogP contribution in [-0.2, 0) is 13.0 Å². The molecule has 122 valence electrons. The fourth-order valence-electron chi connectivity index (χ4n) is 2.22. The molecule has 0 heterocycles. The third kappa shape index (κ3) is 5.66. The maximum Gasteiger partial charge on any atom is 0.193 e. The Kier molecular flexibility index (Phi) is 6.48. The summed E-state index contributed by atoms with van der Waals surface area (Å²) in [7, 11) is 5.69. The maximum absolute atomic E-state index is 5.18. The van der Waals surface area contributed by atoms with Gasteiger partial charge in [-0.2, -0.15) is 0 Å². The van der Waals surface area contributed by atoms with Crippen molar-refractivity contribution in [3.63, 3.8) is 0 Å². The van der Waals surface area contributed by atoms with Gasteiger partial charge in [-0.15, -0.1) is 0 Å². The third-order valence-corrected chi connectivity index (χ3v) is 3.53. The molecule has 0 bridgehead atoms. The second kappa shape index (κ2) is 8.83. The average Bonchev–Trinajstić information content (AvgIpc) is 2.59. The molecular weight excluding hydrogens is 286 g/mol. The SMILES string of the molecule is COc1ccc(CCNC(=NCc2ccccc2)N(C)C)cc1. The highest BCUT2D eigenvalue weighted by Crippen LogP contribution is 2.11. The van der Waals surface area contributed by atoms with Crippen molar-refractivity contribution in [3.8, 4) is 5.75 Å². The van der Waals surface area contributed by atoms with Crippen molar-refractivity contribution in [3.05, 3.63) is 65.7 Å². The molecule has 0 radical (unpaired) electrons. The zero-order valence-corrected chi connectivity index (χ0v) is 14.1. The van der Waals surface area contributed by atoms with Crippen LogP contribution in [0.4, 0.5) is 0 Å². The number of ether oxygens (including phenoxy) is 1. The lowest BCUT2D eigenvalue weighted by atomic mass is 10.1. The van der Waals surface area contributed by atoms with Gasteiger partial charge in [-0.3, -0.25) is 0 Å². The largest absolute Gasteiger partial charge is 0.497 e. The second-order valence-electron chi connectivity index (χ2n) is 5.54. The van der Waals surface area contributed by atoms with E-state index in [9.17, 15) is 0 Å². The molecule has 0 aromatic heterocycles. The molecule has 0 spiro atoms. The molecule has 0 atom stereocenters. The van der Waals surface area contributed by atoms with Crippen molar-refractivity contribution in [2.45, 2.75) is 13.0 Å². The monoisotopic (exact) mass is 311 g/mol. The minimum Gasteiger partial charge on any atom is -0.497 e. The lowest BCUT2D eigenvalue weighted by molar-refractivity contribution is 0.414. The van der Waals surface area contributed by atoms with Gasteiger partial charge in [0.2, 0.25) is 0 Å². The van der Waals surface area contributed by atoms with Crippen LogP contribution in [0, 0.1) is 0 Å². The predicted octanol–water partition coefficient (Wildman–Crippen LogP) is 2.95. The fourth-order valence-corrected chi connectivity index (χ4v) is 2.22. The molecule has 2 rings (SSSR count). The zero-order valence-electron chi connectivity index (χ0n) is 14.1. The lowest BCUT2D eigenvalue weighted by Gasteiger charge is -2.17. The number of nitrogens with zero attached hydrogens (tertiary/aromatic N) is 2. The van der Waals surface area contributed by atoms with Gasteiger partial charge in [0.1, 0.15) is 5.75 Å². The topological polar surface area (TPSA) is 36.9 Å². The third-order valence-electron chi connectivity index (χ3n) is 3.53. The molecule has 0 amide bonds. The molecule has 0 aliphatic rings. The Labute approximate surface area is 138 Å². The van der Waals surface area contributed by atoms with E-state index in [1.165, 1.54) is 11.1 Å². The first-order valence-corrected chi connectivity index (χ1v) is 7.81. The Hall–Kier alpha value is -2.49.